The highest BCUT2D eigenvalue weighted by molar-refractivity contribution is 5.72. The molecule has 1 saturated carbocycles. The van der Waals surface area contributed by atoms with Gasteiger partial charge >= 0.3 is 6.11 Å². The summed E-state index contributed by atoms with van der Waals surface area (Å²) >= 11 is 0. The van der Waals surface area contributed by atoms with Gasteiger partial charge in [0, 0.05) is 11.1 Å². The first-order valence-corrected chi connectivity index (χ1v) is 12.1. The first-order chi connectivity index (χ1) is 16.8. The first kappa shape index (κ1) is 25.2. The standard InChI is InChI=1S/C29H30F4O2/c1-3-20-6-8-21(9-7-20)25-16-17-26(28(31)27(25)30)22-10-14-24(15-11-22)35-29(32,33)18-34-23-12-4-19(2)5-13-23/h6-11,14-17,19,23H,3-5,12-13,18H2,1-2H3. The molecule has 6 heteroatoms. The van der Waals surface area contributed by atoms with Gasteiger partial charge in [-0.25, -0.2) is 8.78 Å². The number of aryl methyl sites for hydroxylation is 1. The minimum absolute atomic E-state index is 0.0459. The van der Waals surface area contributed by atoms with Gasteiger partial charge in [0.15, 0.2) is 18.2 Å². The molecule has 3 aromatic rings. The van der Waals surface area contributed by atoms with Crippen molar-refractivity contribution in [3.8, 4) is 28.0 Å². The van der Waals surface area contributed by atoms with Crippen LogP contribution < -0.4 is 4.74 Å². The number of alkyl halides is 2. The lowest BCUT2D eigenvalue weighted by Gasteiger charge is -2.28. The van der Waals surface area contributed by atoms with E-state index >= 15 is 0 Å². The highest BCUT2D eigenvalue weighted by Gasteiger charge is 2.34. The van der Waals surface area contributed by atoms with Crippen molar-refractivity contribution in [2.24, 2.45) is 5.92 Å². The maximum absolute atomic E-state index is 14.9. The van der Waals surface area contributed by atoms with Gasteiger partial charge in [0.25, 0.3) is 0 Å². The van der Waals surface area contributed by atoms with Crippen molar-refractivity contribution in [2.75, 3.05) is 6.61 Å². The van der Waals surface area contributed by atoms with Crippen LogP contribution in [0.15, 0.2) is 60.7 Å². The average Bonchev–Trinajstić information content (AvgIpc) is 2.86. The first-order valence-electron chi connectivity index (χ1n) is 12.1. The SMILES string of the molecule is CCc1ccc(-c2ccc(-c3ccc(OC(F)(F)COC4CCC(C)CC4)cc3)c(F)c2F)cc1. The number of hydrogen-bond donors (Lipinski definition) is 0. The molecule has 2 nitrogen and oxygen atoms in total. The van der Waals surface area contributed by atoms with Gasteiger partial charge in [-0.2, -0.15) is 8.78 Å². The van der Waals surface area contributed by atoms with E-state index in [-0.39, 0.29) is 23.0 Å². The smallest absolute Gasteiger partial charge is 0.421 e. The van der Waals surface area contributed by atoms with Gasteiger partial charge < -0.3 is 9.47 Å². The van der Waals surface area contributed by atoms with E-state index in [4.69, 9.17) is 9.47 Å². The van der Waals surface area contributed by atoms with Crippen molar-refractivity contribution in [3.63, 3.8) is 0 Å². The van der Waals surface area contributed by atoms with Gasteiger partial charge in [0.2, 0.25) is 0 Å². The third kappa shape index (κ3) is 6.23. The molecule has 4 rings (SSSR count). The number of ether oxygens (including phenoxy) is 2. The molecule has 0 spiro atoms. The molecule has 35 heavy (non-hydrogen) atoms. The van der Waals surface area contributed by atoms with Gasteiger partial charge in [-0.15, -0.1) is 0 Å². The summed E-state index contributed by atoms with van der Waals surface area (Å²) in [5, 5.41) is 0. The predicted molar refractivity (Wildman–Crippen MR) is 130 cm³/mol. The summed E-state index contributed by atoms with van der Waals surface area (Å²) in [7, 11) is 0. The molecule has 0 amide bonds. The van der Waals surface area contributed by atoms with Crippen molar-refractivity contribution in [3.05, 3.63) is 77.9 Å². The lowest BCUT2D eigenvalue weighted by atomic mass is 9.89. The molecule has 1 aliphatic rings. The van der Waals surface area contributed by atoms with Crippen molar-refractivity contribution >= 4 is 0 Å². The van der Waals surface area contributed by atoms with Crippen LogP contribution in [0, 0.1) is 17.6 Å². The number of benzene rings is 3. The van der Waals surface area contributed by atoms with E-state index in [0.717, 1.165) is 37.7 Å². The van der Waals surface area contributed by atoms with Crippen LogP contribution in [0.25, 0.3) is 22.3 Å². The summed E-state index contributed by atoms with van der Waals surface area (Å²) in [4.78, 5) is 0. The largest absolute Gasteiger partial charge is 0.431 e. The van der Waals surface area contributed by atoms with E-state index in [1.54, 1.807) is 12.1 Å². The predicted octanol–water partition coefficient (Wildman–Crippen LogP) is 8.43. The summed E-state index contributed by atoms with van der Waals surface area (Å²) in [6.45, 7) is 3.35. The van der Waals surface area contributed by atoms with E-state index in [9.17, 15) is 17.6 Å². The number of halogens is 4. The second-order valence-electron chi connectivity index (χ2n) is 9.30. The Morgan fingerprint density at radius 3 is 1.80 bits per heavy atom. The molecule has 0 saturated heterocycles. The van der Waals surface area contributed by atoms with Crippen LogP contribution in [0.5, 0.6) is 5.75 Å². The molecule has 3 aromatic carbocycles. The van der Waals surface area contributed by atoms with Crippen molar-refractivity contribution in [1.29, 1.82) is 0 Å². The summed E-state index contributed by atoms with van der Waals surface area (Å²) in [5.74, 6) is -1.41. The van der Waals surface area contributed by atoms with E-state index in [1.165, 1.54) is 36.4 Å². The zero-order valence-electron chi connectivity index (χ0n) is 20.0. The number of rotatable bonds is 8. The zero-order chi connectivity index (χ0) is 25.0. The zero-order valence-corrected chi connectivity index (χ0v) is 20.0. The van der Waals surface area contributed by atoms with E-state index < -0.39 is 24.3 Å². The van der Waals surface area contributed by atoms with Crippen LogP contribution in [0.3, 0.4) is 0 Å². The van der Waals surface area contributed by atoms with E-state index in [0.29, 0.717) is 17.0 Å². The quantitative estimate of drug-likeness (QED) is 0.298. The van der Waals surface area contributed by atoms with Gasteiger partial charge in [-0.3, -0.25) is 0 Å². The normalized spacial score (nSPS) is 18.5. The maximum atomic E-state index is 14.9. The Kier molecular flexibility index (Phi) is 7.80. The molecule has 0 unspecified atom stereocenters. The van der Waals surface area contributed by atoms with Crippen molar-refractivity contribution < 1.29 is 27.0 Å². The molecule has 0 radical (unpaired) electrons. The summed E-state index contributed by atoms with van der Waals surface area (Å²) in [6, 6.07) is 15.8. The van der Waals surface area contributed by atoms with Crippen LogP contribution in [-0.4, -0.2) is 18.8 Å². The van der Waals surface area contributed by atoms with Crippen LogP contribution >= 0.6 is 0 Å². The van der Waals surface area contributed by atoms with E-state index in [2.05, 4.69) is 6.92 Å². The molecule has 0 heterocycles. The van der Waals surface area contributed by atoms with Crippen LogP contribution in [0.2, 0.25) is 0 Å². The third-order valence-electron chi connectivity index (χ3n) is 6.64. The monoisotopic (exact) mass is 486 g/mol. The second kappa shape index (κ2) is 10.8. The topological polar surface area (TPSA) is 18.5 Å². The van der Waals surface area contributed by atoms with Crippen molar-refractivity contribution in [1.82, 2.24) is 0 Å². The third-order valence-corrected chi connectivity index (χ3v) is 6.64. The maximum Gasteiger partial charge on any atom is 0.421 e. The molecule has 1 fully saturated rings. The molecule has 0 aromatic heterocycles. The fourth-order valence-corrected chi connectivity index (χ4v) is 4.43. The highest BCUT2D eigenvalue weighted by Crippen LogP contribution is 2.33. The fourth-order valence-electron chi connectivity index (χ4n) is 4.43. The molecular formula is C29H30F4O2. The molecule has 0 atom stereocenters. The molecular weight excluding hydrogens is 456 g/mol. The molecule has 186 valence electrons. The van der Waals surface area contributed by atoms with E-state index in [1.807, 2.05) is 19.1 Å². The Balaban J connectivity index is 1.42. The Labute approximate surface area is 203 Å². The Morgan fingerprint density at radius 1 is 0.771 bits per heavy atom. The average molecular weight is 487 g/mol. The van der Waals surface area contributed by atoms with Crippen LogP contribution in [-0.2, 0) is 11.2 Å². The lowest BCUT2D eigenvalue weighted by molar-refractivity contribution is -0.222. The van der Waals surface area contributed by atoms with Gasteiger partial charge in [-0.1, -0.05) is 62.4 Å². The summed E-state index contributed by atoms with van der Waals surface area (Å²) < 4.78 is 68.5. The summed E-state index contributed by atoms with van der Waals surface area (Å²) in [6.07, 6.45) is 0.691. The molecule has 0 bridgehead atoms. The molecule has 0 aliphatic heterocycles. The van der Waals surface area contributed by atoms with Gasteiger partial charge in [-0.05, 0) is 66.8 Å². The fraction of sp³-hybridized carbons (Fsp3) is 0.379. The molecule has 1 aliphatic carbocycles. The van der Waals surface area contributed by atoms with Crippen molar-refractivity contribution in [2.45, 2.75) is 58.2 Å². The highest BCUT2D eigenvalue weighted by atomic mass is 19.3. The summed E-state index contributed by atoms with van der Waals surface area (Å²) in [5.41, 5.74) is 2.26. The Hall–Kier alpha value is -2.86. The van der Waals surface area contributed by atoms with Crippen LogP contribution in [0.1, 0.15) is 45.1 Å². The van der Waals surface area contributed by atoms with Crippen LogP contribution in [0.4, 0.5) is 17.6 Å². The minimum Gasteiger partial charge on any atom is -0.431 e. The Bertz CT molecular complexity index is 1120. The second-order valence-corrected chi connectivity index (χ2v) is 9.30. The minimum atomic E-state index is -3.49. The lowest BCUT2D eigenvalue weighted by Crippen LogP contribution is -2.34. The molecule has 0 N–H and O–H groups in total. The van der Waals surface area contributed by atoms with Gasteiger partial charge in [0.05, 0.1) is 6.10 Å². The van der Waals surface area contributed by atoms with Gasteiger partial charge in [0.1, 0.15) is 5.75 Å². The number of hydrogen-bond acceptors (Lipinski definition) is 2. The Morgan fingerprint density at radius 2 is 1.29 bits per heavy atom.